The molecule has 6 nitrogen and oxygen atoms in total. The number of aliphatic imine (C=N–C) groups is 1. The Morgan fingerprint density at radius 2 is 1.89 bits per heavy atom. The summed E-state index contributed by atoms with van der Waals surface area (Å²) in [5.41, 5.74) is 0.916. The number of hydrogen-bond donors (Lipinski definition) is 2. The molecule has 0 saturated heterocycles. The average molecular weight is 369 g/mol. The Balaban J connectivity index is 1.52. The van der Waals surface area contributed by atoms with Crippen LogP contribution in [0, 0.1) is 0 Å². The minimum absolute atomic E-state index is 0.636. The molecule has 27 heavy (non-hydrogen) atoms. The van der Waals surface area contributed by atoms with Crippen LogP contribution < -0.4 is 24.8 Å². The maximum Gasteiger partial charge on any atom is 0.195 e. The van der Waals surface area contributed by atoms with E-state index >= 15 is 0 Å². The van der Waals surface area contributed by atoms with Crippen molar-refractivity contribution in [1.29, 1.82) is 0 Å². The van der Waals surface area contributed by atoms with E-state index in [2.05, 4.69) is 15.6 Å². The van der Waals surface area contributed by atoms with Gasteiger partial charge in [-0.1, -0.05) is 18.2 Å². The van der Waals surface area contributed by atoms with Gasteiger partial charge in [0.1, 0.15) is 5.75 Å². The van der Waals surface area contributed by atoms with Crippen molar-refractivity contribution in [2.75, 3.05) is 38.2 Å². The molecule has 0 fully saturated rings. The van der Waals surface area contributed by atoms with E-state index in [9.17, 15) is 0 Å². The van der Waals surface area contributed by atoms with Crippen LogP contribution in [0.15, 0.2) is 53.5 Å². The maximum atomic E-state index is 5.74. The van der Waals surface area contributed by atoms with Crippen LogP contribution >= 0.6 is 0 Å². The summed E-state index contributed by atoms with van der Waals surface area (Å²) in [4.78, 5) is 4.61. The highest BCUT2D eigenvalue weighted by molar-refractivity contribution is 5.93. The summed E-state index contributed by atoms with van der Waals surface area (Å²) < 4.78 is 17.1. The lowest BCUT2D eigenvalue weighted by Crippen LogP contribution is -2.30. The number of nitrogens with one attached hydrogen (secondary N) is 2. The summed E-state index contributed by atoms with van der Waals surface area (Å²) in [6, 6.07) is 15.7. The van der Waals surface area contributed by atoms with E-state index in [1.807, 2.05) is 55.5 Å². The van der Waals surface area contributed by atoms with Crippen molar-refractivity contribution < 1.29 is 14.2 Å². The quantitative estimate of drug-likeness (QED) is 0.443. The van der Waals surface area contributed by atoms with Crippen LogP contribution in [0.5, 0.6) is 17.2 Å². The number of anilines is 1. The van der Waals surface area contributed by atoms with E-state index in [0.717, 1.165) is 48.3 Å². The molecule has 0 amide bonds. The van der Waals surface area contributed by atoms with Crippen LogP contribution in [0.3, 0.4) is 0 Å². The highest BCUT2D eigenvalue weighted by atomic mass is 16.5. The van der Waals surface area contributed by atoms with Gasteiger partial charge >= 0.3 is 0 Å². The molecule has 0 spiro atoms. The Kier molecular flexibility index (Phi) is 7.21. The van der Waals surface area contributed by atoms with Gasteiger partial charge in [0, 0.05) is 37.7 Å². The number of para-hydroxylation sites is 1. The van der Waals surface area contributed by atoms with Gasteiger partial charge in [0.15, 0.2) is 17.5 Å². The van der Waals surface area contributed by atoms with E-state index < -0.39 is 0 Å². The Morgan fingerprint density at radius 1 is 1.07 bits per heavy atom. The molecule has 0 unspecified atom stereocenters. The molecular weight excluding hydrogens is 342 g/mol. The molecule has 0 bridgehead atoms. The Labute approximate surface area is 160 Å². The molecule has 2 aromatic carbocycles. The molecule has 3 rings (SSSR count). The monoisotopic (exact) mass is 369 g/mol. The first-order valence-electron chi connectivity index (χ1n) is 9.48. The minimum Gasteiger partial charge on any atom is -0.494 e. The van der Waals surface area contributed by atoms with Crippen LogP contribution in [0.2, 0.25) is 0 Å². The lowest BCUT2D eigenvalue weighted by molar-refractivity contribution is 0.297. The van der Waals surface area contributed by atoms with Crippen molar-refractivity contribution in [2.45, 2.75) is 19.8 Å². The lowest BCUT2D eigenvalue weighted by atomic mass is 10.3. The number of hydrogen-bond acceptors (Lipinski definition) is 4. The molecular formula is C21H27N3O3. The molecule has 1 aliphatic rings. The zero-order chi connectivity index (χ0) is 18.7. The molecule has 2 N–H and O–H groups in total. The predicted octanol–water partition coefficient (Wildman–Crippen LogP) is 3.69. The van der Waals surface area contributed by atoms with Crippen molar-refractivity contribution >= 4 is 11.6 Å². The largest absolute Gasteiger partial charge is 0.494 e. The minimum atomic E-state index is 0.636. The van der Waals surface area contributed by atoms with E-state index in [1.54, 1.807) is 0 Å². The Hall–Kier alpha value is -2.89. The van der Waals surface area contributed by atoms with Gasteiger partial charge in [0.2, 0.25) is 0 Å². The lowest BCUT2D eigenvalue weighted by Gasteiger charge is -2.13. The molecule has 0 radical (unpaired) electrons. The zero-order valence-electron chi connectivity index (χ0n) is 15.7. The Bertz CT molecular complexity index is 735. The third-order valence-electron chi connectivity index (χ3n) is 3.94. The van der Waals surface area contributed by atoms with Gasteiger partial charge in [-0.05, 0) is 31.2 Å². The molecule has 2 aromatic rings. The first-order valence-corrected chi connectivity index (χ1v) is 9.48. The zero-order valence-corrected chi connectivity index (χ0v) is 15.7. The number of rotatable bonds is 7. The van der Waals surface area contributed by atoms with Gasteiger partial charge in [-0.15, -0.1) is 0 Å². The summed E-state index contributed by atoms with van der Waals surface area (Å²) in [7, 11) is 0. The third-order valence-corrected chi connectivity index (χ3v) is 3.94. The van der Waals surface area contributed by atoms with Crippen molar-refractivity contribution in [1.82, 2.24) is 5.32 Å². The molecule has 0 aromatic heterocycles. The molecule has 6 heteroatoms. The van der Waals surface area contributed by atoms with Crippen molar-refractivity contribution in [3.8, 4) is 17.2 Å². The highest BCUT2D eigenvalue weighted by Crippen LogP contribution is 2.32. The van der Waals surface area contributed by atoms with E-state index in [0.29, 0.717) is 26.4 Å². The van der Waals surface area contributed by atoms with Gasteiger partial charge in [0.25, 0.3) is 0 Å². The number of ether oxygens (including phenoxy) is 3. The van der Waals surface area contributed by atoms with E-state index in [4.69, 9.17) is 14.2 Å². The van der Waals surface area contributed by atoms with Crippen LogP contribution in [-0.4, -0.2) is 38.9 Å². The van der Waals surface area contributed by atoms with Crippen LogP contribution in [0.4, 0.5) is 5.69 Å². The van der Waals surface area contributed by atoms with Gasteiger partial charge in [-0.3, -0.25) is 4.99 Å². The van der Waals surface area contributed by atoms with Gasteiger partial charge < -0.3 is 24.8 Å². The molecule has 144 valence electrons. The van der Waals surface area contributed by atoms with Crippen LogP contribution in [0.25, 0.3) is 0 Å². The summed E-state index contributed by atoms with van der Waals surface area (Å²) in [6.45, 7) is 5.51. The topological polar surface area (TPSA) is 64.1 Å². The summed E-state index contributed by atoms with van der Waals surface area (Å²) in [5.74, 6) is 3.19. The van der Waals surface area contributed by atoms with Gasteiger partial charge in [0.05, 0.1) is 19.8 Å². The smallest absolute Gasteiger partial charge is 0.195 e. The van der Waals surface area contributed by atoms with Crippen LogP contribution in [0.1, 0.15) is 19.8 Å². The van der Waals surface area contributed by atoms with Gasteiger partial charge in [-0.2, -0.15) is 0 Å². The summed E-state index contributed by atoms with van der Waals surface area (Å²) >= 11 is 0. The fourth-order valence-electron chi connectivity index (χ4n) is 2.65. The SMILES string of the molecule is CCNC(=NCCCOc1ccccc1)Nc1ccc2c(c1)OCCCO2. The second kappa shape index (κ2) is 10.3. The van der Waals surface area contributed by atoms with Gasteiger partial charge in [-0.25, -0.2) is 0 Å². The number of nitrogens with zero attached hydrogens (tertiary/aromatic N) is 1. The number of fused-ring (bicyclic) bond motifs is 1. The van der Waals surface area contributed by atoms with E-state index in [-0.39, 0.29) is 0 Å². The predicted molar refractivity (Wildman–Crippen MR) is 108 cm³/mol. The van der Waals surface area contributed by atoms with Crippen molar-refractivity contribution in [2.24, 2.45) is 4.99 Å². The fraction of sp³-hybridized carbons (Fsp3) is 0.381. The average Bonchev–Trinajstić information content (AvgIpc) is 2.93. The van der Waals surface area contributed by atoms with Crippen molar-refractivity contribution in [3.63, 3.8) is 0 Å². The molecule has 1 aliphatic heterocycles. The molecule has 0 saturated carbocycles. The first-order chi connectivity index (χ1) is 13.3. The third kappa shape index (κ3) is 6.09. The second-order valence-corrected chi connectivity index (χ2v) is 6.11. The maximum absolute atomic E-state index is 5.74. The fourth-order valence-corrected chi connectivity index (χ4v) is 2.65. The molecule has 0 aliphatic carbocycles. The van der Waals surface area contributed by atoms with Crippen LogP contribution in [-0.2, 0) is 0 Å². The molecule has 1 heterocycles. The Morgan fingerprint density at radius 3 is 2.70 bits per heavy atom. The number of benzene rings is 2. The van der Waals surface area contributed by atoms with E-state index in [1.165, 1.54) is 0 Å². The highest BCUT2D eigenvalue weighted by Gasteiger charge is 2.11. The first kappa shape index (κ1) is 18.9. The normalized spacial score (nSPS) is 13.6. The summed E-state index contributed by atoms with van der Waals surface area (Å²) in [6.07, 6.45) is 1.74. The van der Waals surface area contributed by atoms with Crippen molar-refractivity contribution in [3.05, 3.63) is 48.5 Å². The molecule has 0 atom stereocenters. The second-order valence-electron chi connectivity index (χ2n) is 6.11. The summed E-state index contributed by atoms with van der Waals surface area (Å²) in [5, 5.41) is 6.58. The number of guanidine groups is 1. The standard InChI is InChI=1S/C21H27N3O3/c1-2-22-21(23-12-6-13-25-18-8-4-3-5-9-18)24-17-10-11-19-20(16-17)27-15-7-14-26-19/h3-5,8-11,16H,2,6-7,12-15H2,1H3,(H2,22,23,24).